The third-order valence-electron chi connectivity index (χ3n) is 2.81. The summed E-state index contributed by atoms with van der Waals surface area (Å²) < 4.78 is 17.2. The summed E-state index contributed by atoms with van der Waals surface area (Å²) in [6.45, 7) is 1.30. The number of carbonyl (C=O) groups is 1. The topological polar surface area (TPSA) is 96.8 Å². The van der Waals surface area contributed by atoms with Gasteiger partial charge in [0.1, 0.15) is 6.61 Å². The maximum absolute atomic E-state index is 10.6. The quantitative estimate of drug-likeness (QED) is 0.833. The van der Waals surface area contributed by atoms with Gasteiger partial charge in [0.05, 0.1) is 25.9 Å². The number of fused-ring (bicyclic) bond motifs is 1. The molecule has 1 heterocycles. The fraction of sp³-hybridized carbons (Fsp3) is 0.462. The molecule has 1 unspecified atom stereocenters. The van der Waals surface area contributed by atoms with Crippen molar-refractivity contribution >= 4 is 21.8 Å². The molecule has 20 heavy (non-hydrogen) atoms. The second-order valence-corrected chi connectivity index (χ2v) is 5.31. The molecular formula is C13H17BrN2O4. The molecule has 0 aliphatic carbocycles. The van der Waals surface area contributed by atoms with E-state index in [1.54, 1.807) is 0 Å². The van der Waals surface area contributed by atoms with Crippen LogP contribution in [0.1, 0.15) is 18.0 Å². The van der Waals surface area contributed by atoms with Gasteiger partial charge in [0.25, 0.3) is 0 Å². The molecule has 0 spiro atoms. The molecule has 1 aliphatic heterocycles. The summed E-state index contributed by atoms with van der Waals surface area (Å²) in [5.74, 6) is 0.851. The molecule has 2 rings (SSSR count). The van der Waals surface area contributed by atoms with Gasteiger partial charge in [-0.05, 0) is 17.7 Å². The Kier molecular flexibility index (Phi) is 5.22. The van der Waals surface area contributed by atoms with Crippen molar-refractivity contribution in [2.75, 3.05) is 26.4 Å². The van der Waals surface area contributed by atoms with E-state index >= 15 is 0 Å². The monoisotopic (exact) mass is 344 g/mol. The lowest BCUT2D eigenvalue weighted by molar-refractivity contribution is -0.122. The SMILES string of the molecule is NC(=O)COCC(N)c1cc2c(cc1Br)OCCCO2. The van der Waals surface area contributed by atoms with Crippen molar-refractivity contribution in [2.24, 2.45) is 11.5 Å². The van der Waals surface area contributed by atoms with Crippen LogP contribution in [-0.4, -0.2) is 32.3 Å². The molecule has 4 N–H and O–H groups in total. The van der Waals surface area contributed by atoms with Crippen molar-refractivity contribution in [3.8, 4) is 11.5 Å². The molecule has 0 saturated heterocycles. The lowest BCUT2D eigenvalue weighted by atomic mass is 10.1. The van der Waals surface area contributed by atoms with Crippen LogP contribution >= 0.6 is 15.9 Å². The Labute approximate surface area is 125 Å². The van der Waals surface area contributed by atoms with Gasteiger partial charge in [-0.25, -0.2) is 0 Å². The van der Waals surface area contributed by atoms with E-state index in [0.29, 0.717) is 24.7 Å². The number of rotatable bonds is 5. The standard InChI is InChI=1S/C13H17BrN2O4/c14-9-5-12-11(19-2-1-3-20-12)4-8(9)10(15)6-18-7-13(16)17/h4-5,10H,1-3,6-7,15H2,(H2,16,17). The van der Waals surface area contributed by atoms with Gasteiger partial charge in [0.15, 0.2) is 11.5 Å². The number of halogens is 1. The molecule has 7 heteroatoms. The van der Waals surface area contributed by atoms with Gasteiger partial charge in [-0.1, -0.05) is 15.9 Å². The number of amides is 1. The highest BCUT2D eigenvalue weighted by molar-refractivity contribution is 9.10. The van der Waals surface area contributed by atoms with Gasteiger partial charge in [-0.2, -0.15) is 0 Å². The minimum atomic E-state index is -0.519. The molecule has 1 aromatic rings. The molecule has 0 bridgehead atoms. The molecular weight excluding hydrogens is 328 g/mol. The van der Waals surface area contributed by atoms with Crippen molar-refractivity contribution in [3.05, 3.63) is 22.2 Å². The predicted molar refractivity (Wildman–Crippen MR) is 76.7 cm³/mol. The van der Waals surface area contributed by atoms with Gasteiger partial charge in [0.2, 0.25) is 5.91 Å². The number of nitrogens with two attached hydrogens (primary N) is 2. The first kappa shape index (κ1) is 15.1. The Morgan fingerprint density at radius 1 is 1.35 bits per heavy atom. The number of ether oxygens (including phenoxy) is 3. The largest absolute Gasteiger partial charge is 0.490 e. The maximum Gasteiger partial charge on any atom is 0.243 e. The summed E-state index contributed by atoms with van der Waals surface area (Å²) in [6, 6.07) is 3.29. The normalized spacial score (nSPS) is 15.5. The number of benzene rings is 1. The molecule has 0 aromatic heterocycles. The molecule has 1 atom stereocenters. The van der Waals surface area contributed by atoms with E-state index in [1.807, 2.05) is 12.1 Å². The zero-order valence-corrected chi connectivity index (χ0v) is 12.5. The molecule has 1 aromatic carbocycles. The van der Waals surface area contributed by atoms with Crippen LogP contribution < -0.4 is 20.9 Å². The molecule has 1 aliphatic rings. The summed E-state index contributed by atoms with van der Waals surface area (Å²) in [5.41, 5.74) is 11.9. The van der Waals surface area contributed by atoms with Crippen LogP contribution in [0.4, 0.5) is 0 Å². The maximum atomic E-state index is 10.6. The molecule has 0 saturated carbocycles. The van der Waals surface area contributed by atoms with Crippen LogP contribution in [0.2, 0.25) is 0 Å². The van der Waals surface area contributed by atoms with E-state index in [9.17, 15) is 4.79 Å². The molecule has 110 valence electrons. The zero-order chi connectivity index (χ0) is 14.5. The molecule has 0 fully saturated rings. The van der Waals surface area contributed by atoms with Gasteiger partial charge >= 0.3 is 0 Å². The fourth-order valence-electron chi connectivity index (χ4n) is 1.86. The Hall–Kier alpha value is -1.31. The zero-order valence-electron chi connectivity index (χ0n) is 10.9. The first-order chi connectivity index (χ1) is 9.58. The predicted octanol–water partition coefficient (Wildman–Crippen LogP) is 1.11. The minimum Gasteiger partial charge on any atom is -0.490 e. The van der Waals surface area contributed by atoms with Crippen LogP contribution in [-0.2, 0) is 9.53 Å². The van der Waals surface area contributed by atoms with Crippen molar-refractivity contribution in [1.29, 1.82) is 0 Å². The average molecular weight is 345 g/mol. The lowest BCUT2D eigenvalue weighted by Crippen LogP contribution is -2.23. The second kappa shape index (κ2) is 6.92. The average Bonchev–Trinajstić information content (AvgIpc) is 2.61. The van der Waals surface area contributed by atoms with Crippen molar-refractivity contribution < 1.29 is 19.0 Å². The van der Waals surface area contributed by atoms with Crippen LogP contribution in [0.25, 0.3) is 0 Å². The van der Waals surface area contributed by atoms with Gasteiger partial charge in [0, 0.05) is 10.9 Å². The van der Waals surface area contributed by atoms with E-state index in [1.165, 1.54) is 0 Å². The second-order valence-electron chi connectivity index (χ2n) is 4.46. The highest BCUT2D eigenvalue weighted by Crippen LogP contribution is 2.37. The van der Waals surface area contributed by atoms with Gasteiger partial charge in [-0.3, -0.25) is 4.79 Å². The third-order valence-corrected chi connectivity index (χ3v) is 3.49. The van der Waals surface area contributed by atoms with Crippen LogP contribution in [0, 0.1) is 0 Å². The van der Waals surface area contributed by atoms with E-state index < -0.39 is 5.91 Å². The van der Waals surface area contributed by atoms with Crippen LogP contribution in [0.5, 0.6) is 11.5 Å². The van der Waals surface area contributed by atoms with E-state index in [4.69, 9.17) is 25.7 Å². The van der Waals surface area contributed by atoms with E-state index in [0.717, 1.165) is 16.5 Å². The number of hydrogen-bond acceptors (Lipinski definition) is 5. The summed E-state index contributed by atoms with van der Waals surface area (Å²) in [7, 11) is 0. The summed E-state index contributed by atoms with van der Waals surface area (Å²) in [6.07, 6.45) is 0.843. The van der Waals surface area contributed by atoms with Crippen LogP contribution in [0.3, 0.4) is 0 Å². The number of hydrogen-bond donors (Lipinski definition) is 2. The molecule has 0 radical (unpaired) electrons. The third kappa shape index (κ3) is 3.84. The Morgan fingerprint density at radius 3 is 2.65 bits per heavy atom. The smallest absolute Gasteiger partial charge is 0.243 e. The Balaban J connectivity index is 2.10. The summed E-state index contributed by atoms with van der Waals surface area (Å²) in [5, 5.41) is 0. The Bertz CT molecular complexity index is 496. The Morgan fingerprint density at radius 2 is 2.00 bits per heavy atom. The molecule has 6 nitrogen and oxygen atoms in total. The fourth-order valence-corrected chi connectivity index (χ4v) is 2.48. The summed E-state index contributed by atoms with van der Waals surface area (Å²) >= 11 is 3.46. The highest BCUT2D eigenvalue weighted by atomic mass is 79.9. The number of carbonyl (C=O) groups excluding carboxylic acids is 1. The van der Waals surface area contributed by atoms with E-state index in [-0.39, 0.29) is 19.3 Å². The number of primary amides is 1. The van der Waals surface area contributed by atoms with Gasteiger partial charge in [-0.15, -0.1) is 0 Å². The first-order valence-corrected chi connectivity index (χ1v) is 7.08. The van der Waals surface area contributed by atoms with Crippen molar-refractivity contribution in [2.45, 2.75) is 12.5 Å². The van der Waals surface area contributed by atoms with Gasteiger partial charge < -0.3 is 25.7 Å². The van der Waals surface area contributed by atoms with Crippen molar-refractivity contribution in [1.82, 2.24) is 0 Å². The minimum absolute atomic E-state index is 0.143. The van der Waals surface area contributed by atoms with Crippen LogP contribution in [0.15, 0.2) is 16.6 Å². The van der Waals surface area contributed by atoms with E-state index in [2.05, 4.69) is 15.9 Å². The molecule has 1 amide bonds. The summed E-state index contributed by atoms with van der Waals surface area (Å²) in [4.78, 5) is 10.6. The van der Waals surface area contributed by atoms with Crippen molar-refractivity contribution in [3.63, 3.8) is 0 Å². The lowest BCUT2D eigenvalue weighted by Gasteiger charge is -2.16. The first-order valence-electron chi connectivity index (χ1n) is 6.28. The highest BCUT2D eigenvalue weighted by Gasteiger charge is 2.18.